The molecule has 2 unspecified atom stereocenters. The lowest BCUT2D eigenvalue weighted by Gasteiger charge is -2.10. The van der Waals surface area contributed by atoms with E-state index in [0.29, 0.717) is 30.9 Å². The Morgan fingerprint density at radius 3 is 2.65 bits per heavy atom. The molecule has 2 heterocycles. The summed E-state index contributed by atoms with van der Waals surface area (Å²) >= 11 is 1.54. The Hall–Kier alpha value is -1.44. The highest BCUT2D eigenvalue weighted by Gasteiger charge is 2.37. The molecule has 0 radical (unpaired) electrons. The van der Waals surface area contributed by atoms with Crippen LogP contribution in [0.3, 0.4) is 0 Å². The van der Waals surface area contributed by atoms with Crippen LogP contribution in [0.15, 0.2) is 9.59 Å². The van der Waals surface area contributed by atoms with Gasteiger partial charge in [0.1, 0.15) is 4.83 Å². The monoisotopic (exact) mass is 336 g/mol. The van der Waals surface area contributed by atoms with Gasteiger partial charge in [-0.05, 0) is 31.7 Å². The molecule has 2 atom stereocenters. The lowest BCUT2D eigenvalue weighted by Crippen LogP contribution is -2.39. The second-order valence-corrected chi connectivity index (χ2v) is 7.36. The van der Waals surface area contributed by atoms with Gasteiger partial charge in [-0.15, -0.1) is 11.3 Å². The first-order valence-electron chi connectivity index (χ1n) is 8.19. The second-order valence-electron chi connectivity index (χ2n) is 6.28. The third-order valence-electron chi connectivity index (χ3n) is 4.66. The first-order chi connectivity index (χ1) is 11.0. The van der Waals surface area contributed by atoms with E-state index in [9.17, 15) is 9.59 Å². The van der Waals surface area contributed by atoms with Crippen molar-refractivity contribution in [2.45, 2.75) is 46.3 Å². The third-order valence-corrected chi connectivity index (χ3v) is 5.98. The van der Waals surface area contributed by atoms with E-state index in [1.54, 1.807) is 15.9 Å². The number of aromatic nitrogens is 2. The highest BCUT2D eigenvalue weighted by atomic mass is 32.1. The quantitative estimate of drug-likeness (QED) is 0.776. The maximum absolute atomic E-state index is 12.9. The molecular weight excluding hydrogens is 312 g/mol. The smallest absolute Gasteiger partial charge is 0.329 e. The molecule has 0 amide bonds. The van der Waals surface area contributed by atoms with E-state index in [1.165, 1.54) is 4.57 Å². The van der Waals surface area contributed by atoms with Crippen LogP contribution in [0, 0.1) is 12.8 Å². The molecule has 3 N–H and O–H groups in total. The minimum absolute atomic E-state index is 0.0651. The van der Waals surface area contributed by atoms with Gasteiger partial charge in [-0.2, -0.15) is 0 Å². The molecule has 1 aliphatic rings. The van der Waals surface area contributed by atoms with Crippen LogP contribution in [0.1, 0.15) is 36.8 Å². The van der Waals surface area contributed by atoms with Crippen LogP contribution in [0.2, 0.25) is 0 Å². The van der Waals surface area contributed by atoms with Gasteiger partial charge in [0.25, 0.3) is 5.56 Å². The molecule has 1 fully saturated rings. The molecule has 1 saturated carbocycles. The van der Waals surface area contributed by atoms with Crippen LogP contribution in [0.25, 0.3) is 10.2 Å². The van der Waals surface area contributed by atoms with Crippen molar-refractivity contribution in [3.63, 3.8) is 0 Å². The van der Waals surface area contributed by atoms with Gasteiger partial charge in [0.05, 0.1) is 5.39 Å². The minimum Gasteiger partial charge on any atom is -0.329 e. The van der Waals surface area contributed by atoms with Crippen molar-refractivity contribution in [1.82, 2.24) is 14.5 Å². The minimum atomic E-state index is -0.165. The summed E-state index contributed by atoms with van der Waals surface area (Å²) in [6, 6.07) is 0.0651. The molecule has 3 rings (SSSR count). The summed E-state index contributed by atoms with van der Waals surface area (Å²) in [5.41, 5.74) is 6.21. The molecule has 0 spiro atoms. The van der Waals surface area contributed by atoms with Crippen LogP contribution >= 0.6 is 11.3 Å². The summed E-state index contributed by atoms with van der Waals surface area (Å²) in [6.45, 7) is 8.58. The number of thiophene rings is 1. The van der Waals surface area contributed by atoms with E-state index >= 15 is 0 Å². The molecular formula is C16H24N4O2S. The number of hydrogen-bond donors (Lipinski definition) is 2. The number of nitrogens with one attached hydrogen (secondary N) is 1. The fourth-order valence-corrected chi connectivity index (χ4v) is 4.44. The Labute approximate surface area is 138 Å². The van der Waals surface area contributed by atoms with Crippen molar-refractivity contribution in [2.75, 3.05) is 13.1 Å². The van der Waals surface area contributed by atoms with Crippen LogP contribution < -0.4 is 22.3 Å². The highest BCUT2D eigenvalue weighted by Crippen LogP contribution is 2.41. The van der Waals surface area contributed by atoms with Crippen molar-refractivity contribution in [3.8, 4) is 0 Å². The third kappa shape index (κ3) is 2.66. The molecule has 126 valence electrons. The van der Waals surface area contributed by atoms with Gasteiger partial charge >= 0.3 is 5.69 Å². The fourth-order valence-electron chi connectivity index (χ4n) is 3.12. The molecule has 23 heavy (non-hydrogen) atoms. The van der Waals surface area contributed by atoms with Gasteiger partial charge in [-0.1, -0.05) is 6.92 Å². The number of nitrogens with two attached hydrogens (primary N) is 1. The van der Waals surface area contributed by atoms with E-state index in [4.69, 9.17) is 5.73 Å². The zero-order valence-electron chi connectivity index (χ0n) is 13.9. The molecule has 1 aliphatic carbocycles. The number of fused-ring (bicyclic) bond motifs is 1. The Balaban J connectivity index is 2.20. The zero-order valence-corrected chi connectivity index (χ0v) is 14.7. The predicted octanol–water partition coefficient (Wildman–Crippen LogP) is 1.18. The van der Waals surface area contributed by atoms with Crippen LogP contribution in [-0.2, 0) is 13.1 Å². The molecule has 2 aromatic heterocycles. The molecule has 0 bridgehead atoms. The first-order valence-corrected chi connectivity index (χ1v) is 9.01. The van der Waals surface area contributed by atoms with E-state index in [2.05, 4.69) is 12.2 Å². The predicted molar refractivity (Wildman–Crippen MR) is 94.3 cm³/mol. The van der Waals surface area contributed by atoms with Crippen LogP contribution in [0.5, 0.6) is 0 Å². The van der Waals surface area contributed by atoms with Gasteiger partial charge in [-0.3, -0.25) is 13.9 Å². The number of hydrogen-bond acceptors (Lipinski definition) is 5. The van der Waals surface area contributed by atoms with Crippen LogP contribution in [-0.4, -0.2) is 22.2 Å². The zero-order chi connectivity index (χ0) is 16.7. The fraction of sp³-hybridized carbons (Fsp3) is 0.625. The van der Waals surface area contributed by atoms with E-state index in [1.807, 2.05) is 13.8 Å². The summed E-state index contributed by atoms with van der Waals surface area (Å²) in [5.74, 6) is 0.410. The summed E-state index contributed by atoms with van der Waals surface area (Å²) in [5, 5.41) is 3.98. The van der Waals surface area contributed by atoms with Gasteiger partial charge in [0, 0.05) is 37.1 Å². The average molecular weight is 336 g/mol. The van der Waals surface area contributed by atoms with Crippen molar-refractivity contribution in [1.29, 1.82) is 0 Å². The second kappa shape index (κ2) is 6.22. The van der Waals surface area contributed by atoms with E-state index in [0.717, 1.165) is 28.2 Å². The Morgan fingerprint density at radius 2 is 2.09 bits per heavy atom. The maximum atomic E-state index is 12.9. The molecule has 2 aromatic rings. The Morgan fingerprint density at radius 1 is 1.39 bits per heavy atom. The molecule has 0 saturated heterocycles. The largest absolute Gasteiger partial charge is 0.332 e. The van der Waals surface area contributed by atoms with Gasteiger partial charge < -0.3 is 11.1 Å². The Kier molecular flexibility index (Phi) is 4.44. The molecule has 7 heteroatoms. The summed E-state index contributed by atoms with van der Waals surface area (Å²) < 4.78 is 3.22. The first kappa shape index (κ1) is 16.4. The van der Waals surface area contributed by atoms with Crippen molar-refractivity contribution in [2.24, 2.45) is 11.7 Å². The maximum Gasteiger partial charge on any atom is 0.332 e. The van der Waals surface area contributed by atoms with Gasteiger partial charge in [0.2, 0.25) is 0 Å². The molecule has 0 aliphatic heterocycles. The summed E-state index contributed by atoms with van der Waals surface area (Å²) in [7, 11) is 0. The summed E-state index contributed by atoms with van der Waals surface area (Å²) in [6.07, 6.45) is 0.915. The standard InChI is InChI=1S/C16H24N4O2S/c1-4-19-15-13(10(3)12(23-15)8-18-6-5-17)14(21)20(16(19)22)11-7-9(11)2/h9,11,18H,4-8,17H2,1-3H3. The SMILES string of the molecule is CCn1c(=O)n(C2CC2C)c(=O)c2c(C)c(CNCCN)sc21. The lowest BCUT2D eigenvalue weighted by molar-refractivity contribution is 0.577. The molecule has 0 aromatic carbocycles. The summed E-state index contributed by atoms with van der Waals surface area (Å²) in [4.78, 5) is 27.6. The Bertz CT molecular complexity index is 848. The van der Waals surface area contributed by atoms with E-state index < -0.39 is 0 Å². The lowest BCUT2D eigenvalue weighted by atomic mass is 10.2. The van der Waals surface area contributed by atoms with Crippen molar-refractivity contribution < 1.29 is 0 Å². The van der Waals surface area contributed by atoms with Gasteiger partial charge in [-0.25, -0.2) is 4.79 Å². The number of aryl methyl sites for hydroxylation is 2. The number of rotatable bonds is 6. The average Bonchev–Trinajstić information content (AvgIpc) is 3.12. The van der Waals surface area contributed by atoms with Crippen molar-refractivity contribution in [3.05, 3.63) is 31.3 Å². The number of nitrogens with zero attached hydrogens (tertiary/aromatic N) is 2. The van der Waals surface area contributed by atoms with E-state index in [-0.39, 0.29) is 17.3 Å². The van der Waals surface area contributed by atoms with Crippen molar-refractivity contribution >= 4 is 21.6 Å². The highest BCUT2D eigenvalue weighted by molar-refractivity contribution is 7.18. The molecule has 6 nitrogen and oxygen atoms in total. The van der Waals surface area contributed by atoms with Crippen LogP contribution in [0.4, 0.5) is 0 Å². The normalized spacial score (nSPS) is 20.3. The van der Waals surface area contributed by atoms with Gasteiger partial charge in [0.15, 0.2) is 0 Å². The topological polar surface area (TPSA) is 82.0 Å².